The summed E-state index contributed by atoms with van der Waals surface area (Å²) in [4.78, 5) is 25.2. The Morgan fingerprint density at radius 2 is 1.91 bits per heavy atom. The maximum absolute atomic E-state index is 12.8. The molecule has 32 heavy (non-hydrogen) atoms. The molecule has 0 aromatic carbocycles. The second kappa shape index (κ2) is 8.84. The van der Waals surface area contributed by atoms with E-state index in [1.807, 2.05) is 28.8 Å². The van der Waals surface area contributed by atoms with Crippen LogP contribution in [0.1, 0.15) is 62.0 Å². The fraction of sp³-hybridized carbons (Fsp3) is 0.542. The van der Waals surface area contributed by atoms with E-state index in [1.165, 1.54) is 11.1 Å². The zero-order chi connectivity index (χ0) is 22.0. The Kier molecular flexibility index (Phi) is 5.76. The zero-order valence-corrected chi connectivity index (χ0v) is 18.4. The number of carbonyl (C=O) groups excluding carboxylic acids is 1. The maximum Gasteiger partial charge on any atom is 0.267 e. The number of nitrogens with zero attached hydrogens (tertiary/aromatic N) is 5. The van der Waals surface area contributed by atoms with Crippen LogP contribution in [0.15, 0.2) is 35.3 Å². The van der Waals surface area contributed by atoms with E-state index in [4.69, 9.17) is 0 Å². The van der Waals surface area contributed by atoms with Gasteiger partial charge in [-0.05, 0) is 61.6 Å². The van der Waals surface area contributed by atoms with Crippen LogP contribution in [0.5, 0.6) is 0 Å². The summed E-state index contributed by atoms with van der Waals surface area (Å²) in [5.74, 6) is 0.774. The number of pyridine rings is 1. The third kappa shape index (κ3) is 4.31. The van der Waals surface area contributed by atoms with Crippen LogP contribution < -0.4 is 10.9 Å². The average molecular weight is 435 g/mol. The molecule has 0 saturated heterocycles. The number of amides is 1. The number of fused-ring (bicyclic) bond motifs is 2. The molecule has 0 spiro atoms. The molecule has 1 fully saturated rings. The fourth-order valence-electron chi connectivity index (χ4n) is 5.26. The summed E-state index contributed by atoms with van der Waals surface area (Å²) in [6.45, 7) is 0.545. The van der Waals surface area contributed by atoms with Crippen molar-refractivity contribution < 1.29 is 4.79 Å². The SMILES string of the molecule is O=C(Cn1nc2c(cc1=O)CCCC2)NCC1(Cc2nnc3ccccn23)CCCCC1. The lowest BCUT2D eigenvalue weighted by Gasteiger charge is -2.37. The normalized spacial score (nSPS) is 17.8. The highest BCUT2D eigenvalue weighted by molar-refractivity contribution is 5.75. The van der Waals surface area contributed by atoms with E-state index in [9.17, 15) is 9.59 Å². The van der Waals surface area contributed by atoms with Gasteiger partial charge in [-0.15, -0.1) is 10.2 Å². The second-order valence-corrected chi connectivity index (χ2v) is 9.38. The van der Waals surface area contributed by atoms with Gasteiger partial charge >= 0.3 is 0 Å². The van der Waals surface area contributed by atoms with Crippen molar-refractivity contribution in [2.45, 2.75) is 70.8 Å². The molecule has 1 amide bonds. The highest BCUT2D eigenvalue weighted by atomic mass is 16.2. The first-order valence-corrected chi connectivity index (χ1v) is 11.8. The van der Waals surface area contributed by atoms with Gasteiger partial charge in [0, 0.05) is 25.2 Å². The zero-order valence-electron chi connectivity index (χ0n) is 18.4. The molecule has 1 N–H and O–H groups in total. The Balaban J connectivity index is 1.29. The predicted molar refractivity (Wildman–Crippen MR) is 120 cm³/mol. The molecule has 2 aliphatic rings. The largest absolute Gasteiger partial charge is 0.354 e. The van der Waals surface area contributed by atoms with Crippen LogP contribution in [0.2, 0.25) is 0 Å². The highest BCUT2D eigenvalue weighted by Gasteiger charge is 2.34. The van der Waals surface area contributed by atoms with Gasteiger partial charge in [0.2, 0.25) is 5.91 Å². The number of carbonyl (C=O) groups is 1. The molecule has 0 bridgehead atoms. The lowest BCUT2D eigenvalue weighted by molar-refractivity contribution is -0.122. The first-order chi connectivity index (χ1) is 15.6. The summed E-state index contributed by atoms with van der Waals surface area (Å²) in [5, 5.41) is 16.3. The standard InChI is InChI=1S/C24H30N6O2/c31-22(16-30-23(32)14-18-8-2-3-9-19(18)28-30)25-17-24(11-5-1-6-12-24)15-21-27-26-20-10-4-7-13-29(20)21/h4,7,10,13-14H,1-3,5-6,8-9,11-12,15-17H2,(H,25,31). The molecule has 168 valence electrons. The van der Waals surface area contributed by atoms with E-state index in [1.54, 1.807) is 6.07 Å². The average Bonchev–Trinajstić information content (AvgIpc) is 3.21. The van der Waals surface area contributed by atoms with Crippen molar-refractivity contribution in [3.63, 3.8) is 0 Å². The molecule has 0 radical (unpaired) electrons. The van der Waals surface area contributed by atoms with Gasteiger partial charge in [0.05, 0.1) is 5.69 Å². The van der Waals surface area contributed by atoms with Crippen LogP contribution in [-0.4, -0.2) is 36.8 Å². The van der Waals surface area contributed by atoms with Crippen molar-refractivity contribution in [2.75, 3.05) is 6.54 Å². The molecule has 0 aliphatic heterocycles. The summed E-state index contributed by atoms with van der Waals surface area (Å²) in [5.41, 5.74) is 2.62. The van der Waals surface area contributed by atoms with E-state index in [0.29, 0.717) is 6.54 Å². The van der Waals surface area contributed by atoms with Gasteiger partial charge in [-0.2, -0.15) is 5.10 Å². The highest BCUT2D eigenvalue weighted by Crippen LogP contribution is 2.38. The third-order valence-electron chi connectivity index (χ3n) is 7.06. The van der Waals surface area contributed by atoms with Gasteiger partial charge in [0.25, 0.3) is 5.56 Å². The van der Waals surface area contributed by atoms with Crippen LogP contribution in [0, 0.1) is 5.41 Å². The number of hydrogen-bond acceptors (Lipinski definition) is 5. The molecule has 8 heteroatoms. The van der Waals surface area contributed by atoms with Gasteiger partial charge in [0.1, 0.15) is 12.4 Å². The molecule has 2 aliphatic carbocycles. The lowest BCUT2D eigenvalue weighted by Crippen LogP contribution is -2.43. The van der Waals surface area contributed by atoms with E-state index in [0.717, 1.165) is 80.5 Å². The minimum atomic E-state index is -0.192. The molecule has 3 aromatic rings. The van der Waals surface area contributed by atoms with Crippen LogP contribution in [0.25, 0.3) is 5.65 Å². The maximum atomic E-state index is 12.8. The van der Waals surface area contributed by atoms with Crippen LogP contribution in [0.4, 0.5) is 0 Å². The second-order valence-electron chi connectivity index (χ2n) is 9.38. The van der Waals surface area contributed by atoms with Crippen LogP contribution >= 0.6 is 0 Å². The molecule has 5 rings (SSSR count). The number of aromatic nitrogens is 5. The van der Waals surface area contributed by atoms with Gasteiger partial charge in [-0.1, -0.05) is 25.3 Å². The topological polar surface area (TPSA) is 94.2 Å². The summed E-state index contributed by atoms with van der Waals surface area (Å²) < 4.78 is 3.35. The predicted octanol–water partition coefficient (Wildman–Crippen LogP) is 2.47. The first kappa shape index (κ1) is 20.8. The van der Waals surface area contributed by atoms with Gasteiger partial charge in [-0.3, -0.25) is 14.0 Å². The van der Waals surface area contributed by atoms with Crippen molar-refractivity contribution in [1.82, 2.24) is 29.7 Å². The molecular formula is C24H30N6O2. The molecule has 1 saturated carbocycles. The van der Waals surface area contributed by atoms with Crippen molar-refractivity contribution in [3.8, 4) is 0 Å². The summed E-state index contributed by atoms with van der Waals surface area (Å²) >= 11 is 0. The van der Waals surface area contributed by atoms with E-state index >= 15 is 0 Å². The number of rotatable bonds is 6. The van der Waals surface area contributed by atoms with E-state index in [-0.39, 0.29) is 23.4 Å². The minimum Gasteiger partial charge on any atom is -0.354 e. The summed E-state index contributed by atoms with van der Waals surface area (Å²) in [6.07, 6.45) is 12.4. The quantitative estimate of drug-likeness (QED) is 0.643. The van der Waals surface area contributed by atoms with Gasteiger partial charge < -0.3 is 5.32 Å². The smallest absolute Gasteiger partial charge is 0.267 e. The Hall–Kier alpha value is -3.03. The van der Waals surface area contributed by atoms with Crippen molar-refractivity contribution >= 4 is 11.6 Å². The number of nitrogens with one attached hydrogen (secondary N) is 1. The van der Waals surface area contributed by atoms with Crippen molar-refractivity contribution in [3.05, 3.63) is 57.9 Å². The van der Waals surface area contributed by atoms with Crippen molar-refractivity contribution in [1.29, 1.82) is 0 Å². The van der Waals surface area contributed by atoms with Crippen molar-refractivity contribution in [2.24, 2.45) is 5.41 Å². The summed E-state index contributed by atoms with van der Waals surface area (Å²) in [7, 11) is 0. The van der Waals surface area contributed by atoms with Crippen LogP contribution in [-0.2, 0) is 30.6 Å². The van der Waals surface area contributed by atoms with Gasteiger partial charge in [0.15, 0.2) is 5.65 Å². The first-order valence-electron chi connectivity index (χ1n) is 11.8. The Morgan fingerprint density at radius 1 is 1.06 bits per heavy atom. The Morgan fingerprint density at radius 3 is 2.78 bits per heavy atom. The third-order valence-corrected chi connectivity index (χ3v) is 7.06. The molecule has 3 aromatic heterocycles. The molecular weight excluding hydrogens is 404 g/mol. The number of aryl methyl sites for hydroxylation is 2. The molecule has 8 nitrogen and oxygen atoms in total. The van der Waals surface area contributed by atoms with E-state index in [2.05, 4.69) is 20.6 Å². The summed E-state index contributed by atoms with van der Waals surface area (Å²) in [6, 6.07) is 7.56. The minimum absolute atomic E-state index is 0.0317. The fourth-order valence-corrected chi connectivity index (χ4v) is 5.26. The number of hydrogen-bond donors (Lipinski definition) is 1. The Labute approximate surface area is 187 Å². The lowest BCUT2D eigenvalue weighted by atomic mass is 9.71. The molecule has 0 unspecified atom stereocenters. The molecule has 0 atom stereocenters. The molecule has 3 heterocycles. The monoisotopic (exact) mass is 434 g/mol. The van der Waals surface area contributed by atoms with E-state index < -0.39 is 0 Å². The Bertz CT molecular complexity index is 1170. The van der Waals surface area contributed by atoms with Gasteiger partial charge in [-0.25, -0.2) is 4.68 Å². The van der Waals surface area contributed by atoms with Crippen LogP contribution in [0.3, 0.4) is 0 Å².